The first kappa shape index (κ1) is 24.4. The molecule has 0 saturated carbocycles. The molecular formula is C26H33N7O3. The van der Waals surface area contributed by atoms with Gasteiger partial charge < -0.3 is 24.6 Å². The number of hydrogen-bond donors (Lipinski definition) is 1. The van der Waals surface area contributed by atoms with Crippen LogP contribution in [-0.2, 0) is 9.47 Å². The number of pyridine rings is 1. The number of nitrogens with zero attached hydrogens (tertiary/aromatic N) is 6. The van der Waals surface area contributed by atoms with Crippen molar-refractivity contribution in [2.75, 3.05) is 83.0 Å². The maximum Gasteiger partial charge on any atom is 0.252 e. The van der Waals surface area contributed by atoms with Gasteiger partial charge in [-0.2, -0.15) is 0 Å². The summed E-state index contributed by atoms with van der Waals surface area (Å²) in [5.74, 6) is 1.45. The van der Waals surface area contributed by atoms with Crippen molar-refractivity contribution >= 4 is 28.6 Å². The molecule has 0 radical (unpaired) electrons. The summed E-state index contributed by atoms with van der Waals surface area (Å²) in [7, 11) is 3.83. The van der Waals surface area contributed by atoms with Gasteiger partial charge in [0.2, 0.25) is 5.95 Å². The topological polar surface area (TPSA) is 96.0 Å². The summed E-state index contributed by atoms with van der Waals surface area (Å²) in [6.07, 6.45) is 3.70. The van der Waals surface area contributed by atoms with Gasteiger partial charge in [0.15, 0.2) is 0 Å². The molecule has 5 rings (SSSR count). The molecule has 4 heterocycles. The number of amides is 1. The summed E-state index contributed by atoms with van der Waals surface area (Å²) in [6, 6.07) is 9.64. The van der Waals surface area contributed by atoms with Crippen molar-refractivity contribution in [2.24, 2.45) is 0 Å². The third-order valence-electron chi connectivity index (χ3n) is 6.68. The second-order valence-electron chi connectivity index (χ2n) is 9.23. The maximum absolute atomic E-state index is 13.4. The quantitative estimate of drug-likeness (QED) is 0.530. The van der Waals surface area contributed by atoms with Gasteiger partial charge in [0.25, 0.3) is 5.91 Å². The Morgan fingerprint density at radius 3 is 2.39 bits per heavy atom. The van der Waals surface area contributed by atoms with Crippen LogP contribution < -0.4 is 15.1 Å². The van der Waals surface area contributed by atoms with Crippen LogP contribution in [0.2, 0.25) is 0 Å². The second kappa shape index (κ2) is 11.2. The van der Waals surface area contributed by atoms with E-state index in [0.717, 1.165) is 48.5 Å². The number of aromatic nitrogens is 3. The molecule has 0 bridgehead atoms. The minimum absolute atomic E-state index is 0.0462. The molecule has 2 fully saturated rings. The number of morpholine rings is 2. The standard InChI is InChI=1S/C26H33N7O3/c1-31(2)26-28-16-19(17-29-26)23(32-8-12-35-13-9-32)18-27-25(34)21-4-3-5-22-20(21)6-7-24(30-22)33-10-14-36-15-11-33/h3-7,16-17,23H,8-15,18H2,1-2H3,(H,27,34). The highest BCUT2D eigenvalue weighted by Crippen LogP contribution is 2.24. The van der Waals surface area contributed by atoms with Crippen molar-refractivity contribution in [2.45, 2.75) is 6.04 Å². The number of hydrogen-bond acceptors (Lipinski definition) is 9. The zero-order valence-electron chi connectivity index (χ0n) is 20.9. The van der Waals surface area contributed by atoms with E-state index in [4.69, 9.17) is 14.5 Å². The molecule has 36 heavy (non-hydrogen) atoms. The summed E-state index contributed by atoms with van der Waals surface area (Å²) in [4.78, 5) is 33.6. The van der Waals surface area contributed by atoms with E-state index in [1.54, 1.807) is 0 Å². The zero-order valence-corrected chi connectivity index (χ0v) is 20.9. The van der Waals surface area contributed by atoms with E-state index in [1.807, 2.05) is 61.7 Å². The average Bonchev–Trinajstić information content (AvgIpc) is 2.93. The Morgan fingerprint density at radius 1 is 1.00 bits per heavy atom. The number of carbonyl (C=O) groups excluding carboxylic acids is 1. The normalized spacial score (nSPS) is 17.7. The molecular weight excluding hydrogens is 458 g/mol. The highest BCUT2D eigenvalue weighted by molar-refractivity contribution is 6.06. The third-order valence-corrected chi connectivity index (χ3v) is 6.68. The van der Waals surface area contributed by atoms with Crippen LogP contribution in [0.1, 0.15) is 22.0 Å². The molecule has 1 N–H and O–H groups in total. The SMILES string of the molecule is CN(C)c1ncc(C(CNC(=O)c2cccc3nc(N4CCOCC4)ccc23)N2CCOCC2)cn1. The first-order valence-electron chi connectivity index (χ1n) is 12.4. The number of carbonyl (C=O) groups is 1. The van der Waals surface area contributed by atoms with Crippen molar-refractivity contribution in [3.8, 4) is 0 Å². The van der Waals surface area contributed by atoms with E-state index in [-0.39, 0.29) is 11.9 Å². The predicted molar refractivity (Wildman–Crippen MR) is 139 cm³/mol. The molecule has 3 aromatic rings. The second-order valence-corrected chi connectivity index (χ2v) is 9.23. The summed E-state index contributed by atoms with van der Waals surface area (Å²) in [6.45, 7) is 6.41. The highest BCUT2D eigenvalue weighted by Gasteiger charge is 2.25. The Labute approximate surface area is 211 Å². The smallest absolute Gasteiger partial charge is 0.252 e. The van der Waals surface area contributed by atoms with Crippen LogP contribution in [-0.4, -0.2) is 99.0 Å². The lowest BCUT2D eigenvalue weighted by molar-refractivity contribution is 0.0161. The highest BCUT2D eigenvalue weighted by atomic mass is 16.5. The Kier molecular flexibility index (Phi) is 7.55. The fourth-order valence-electron chi connectivity index (χ4n) is 4.68. The molecule has 10 heteroatoms. The van der Waals surface area contributed by atoms with E-state index in [2.05, 4.69) is 25.1 Å². The molecule has 0 spiro atoms. The van der Waals surface area contributed by atoms with Crippen LogP contribution in [0, 0.1) is 0 Å². The van der Waals surface area contributed by atoms with E-state index >= 15 is 0 Å². The van der Waals surface area contributed by atoms with Gasteiger partial charge >= 0.3 is 0 Å². The molecule has 2 aliphatic heterocycles. The Balaban J connectivity index is 1.34. The van der Waals surface area contributed by atoms with Crippen molar-refractivity contribution in [1.29, 1.82) is 0 Å². The molecule has 190 valence electrons. The number of rotatable bonds is 7. The molecule has 1 amide bonds. The predicted octanol–water partition coefficient (Wildman–Crippen LogP) is 1.73. The van der Waals surface area contributed by atoms with E-state index < -0.39 is 0 Å². The van der Waals surface area contributed by atoms with Gasteiger partial charge in [-0.25, -0.2) is 15.0 Å². The number of ether oxygens (including phenoxy) is 2. The summed E-state index contributed by atoms with van der Waals surface area (Å²) >= 11 is 0. The molecule has 1 atom stereocenters. The zero-order chi connectivity index (χ0) is 24.9. The first-order chi connectivity index (χ1) is 17.6. The van der Waals surface area contributed by atoms with Crippen LogP contribution in [0.4, 0.5) is 11.8 Å². The Morgan fingerprint density at radius 2 is 1.69 bits per heavy atom. The van der Waals surface area contributed by atoms with Crippen molar-refractivity contribution in [1.82, 2.24) is 25.2 Å². The Hall–Kier alpha value is -3.34. The van der Waals surface area contributed by atoms with E-state index in [9.17, 15) is 4.79 Å². The van der Waals surface area contributed by atoms with Gasteiger partial charge in [0.1, 0.15) is 5.82 Å². The molecule has 10 nitrogen and oxygen atoms in total. The van der Waals surface area contributed by atoms with Crippen LogP contribution in [0.15, 0.2) is 42.7 Å². The van der Waals surface area contributed by atoms with Gasteiger partial charge in [-0.1, -0.05) is 6.07 Å². The molecule has 2 saturated heterocycles. The van der Waals surface area contributed by atoms with Gasteiger partial charge in [0.05, 0.1) is 38.0 Å². The van der Waals surface area contributed by atoms with Crippen LogP contribution >= 0.6 is 0 Å². The fraction of sp³-hybridized carbons (Fsp3) is 0.462. The lowest BCUT2D eigenvalue weighted by Gasteiger charge is -2.34. The number of fused-ring (bicyclic) bond motifs is 1. The summed E-state index contributed by atoms with van der Waals surface area (Å²) in [5.41, 5.74) is 2.40. The van der Waals surface area contributed by atoms with Gasteiger partial charge in [-0.3, -0.25) is 9.69 Å². The van der Waals surface area contributed by atoms with Crippen molar-refractivity contribution < 1.29 is 14.3 Å². The van der Waals surface area contributed by atoms with Crippen LogP contribution in [0.5, 0.6) is 0 Å². The minimum Gasteiger partial charge on any atom is -0.379 e. The third kappa shape index (κ3) is 5.40. The number of nitrogens with one attached hydrogen (secondary N) is 1. The molecule has 0 aliphatic carbocycles. The molecule has 1 unspecified atom stereocenters. The fourth-order valence-corrected chi connectivity index (χ4v) is 4.68. The number of benzene rings is 1. The monoisotopic (exact) mass is 491 g/mol. The minimum atomic E-state index is -0.120. The summed E-state index contributed by atoms with van der Waals surface area (Å²) in [5, 5.41) is 4.00. The maximum atomic E-state index is 13.4. The first-order valence-corrected chi connectivity index (χ1v) is 12.4. The van der Waals surface area contributed by atoms with Crippen molar-refractivity contribution in [3.05, 3.63) is 53.9 Å². The van der Waals surface area contributed by atoms with E-state index in [1.165, 1.54) is 0 Å². The lowest BCUT2D eigenvalue weighted by atomic mass is 10.1. The summed E-state index contributed by atoms with van der Waals surface area (Å²) < 4.78 is 11.0. The molecule has 2 aliphatic rings. The van der Waals surface area contributed by atoms with Gasteiger partial charge in [-0.15, -0.1) is 0 Å². The van der Waals surface area contributed by atoms with Crippen LogP contribution in [0.3, 0.4) is 0 Å². The van der Waals surface area contributed by atoms with Gasteiger partial charge in [0, 0.05) is 75.7 Å². The number of anilines is 2. The van der Waals surface area contributed by atoms with Gasteiger partial charge in [-0.05, 0) is 24.3 Å². The van der Waals surface area contributed by atoms with E-state index in [0.29, 0.717) is 44.5 Å². The average molecular weight is 492 g/mol. The lowest BCUT2D eigenvalue weighted by Crippen LogP contribution is -2.44. The molecule has 2 aromatic heterocycles. The van der Waals surface area contributed by atoms with Crippen LogP contribution in [0.25, 0.3) is 10.9 Å². The Bertz CT molecular complexity index is 1180. The van der Waals surface area contributed by atoms with Crippen molar-refractivity contribution in [3.63, 3.8) is 0 Å². The largest absolute Gasteiger partial charge is 0.379 e. The molecule has 1 aromatic carbocycles.